The number of ether oxygens (including phenoxy) is 1. The highest BCUT2D eigenvalue weighted by molar-refractivity contribution is 6.30. The number of hydrogen-bond donors (Lipinski definition) is 0. The van der Waals surface area contributed by atoms with Crippen LogP contribution in [0.1, 0.15) is 55.6 Å². The second kappa shape index (κ2) is 9.96. The normalized spacial score (nSPS) is 18.6. The third-order valence-electron chi connectivity index (χ3n) is 7.98. The van der Waals surface area contributed by atoms with Crippen LogP contribution in [-0.4, -0.2) is 41.3 Å². The van der Waals surface area contributed by atoms with Crippen LogP contribution in [0.15, 0.2) is 77.3 Å². The van der Waals surface area contributed by atoms with Gasteiger partial charge in [-0.15, -0.1) is 0 Å². The lowest BCUT2D eigenvalue weighted by molar-refractivity contribution is -0.117. The molecule has 2 aliphatic carbocycles. The molecule has 3 aliphatic rings. The van der Waals surface area contributed by atoms with Crippen molar-refractivity contribution in [1.82, 2.24) is 9.47 Å². The lowest BCUT2D eigenvalue weighted by atomic mass is 9.71. The van der Waals surface area contributed by atoms with E-state index in [1.165, 1.54) is 0 Å². The summed E-state index contributed by atoms with van der Waals surface area (Å²) in [6.45, 7) is 1.88. The van der Waals surface area contributed by atoms with E-state index < -0.39 is 0 Å². The Hall–Kier alpha value is -3.15. The van der Waals surface area contributed by atoms with Gasteiger partial charge in [-0.25, -0.2) is 0 Å². The molecule has 6 rings (SSSR count). The topological polar surface area (TPSA) is 51.5 Å². The number of aromatic nitrogens is 1. The van der Waals surface area contributed by atoms with Crippen molar-refractivity contribution >= 4 is 34.1 Å². The molecule has 0 bridgehead atoms. The molecule has 2 aromatic carbocycles. The van der Waals surface area contributed by atoms with Gasteiger partial charge in [-0.2, -0.15) is 0 Å². The van der Waals surface area contributed by atoms with Gasteiger partial charge in [-0.1, -0.05) is 41.9 Å². The SMILES string of the molecule is COCCN1C2=C(C(=O)CCC2)C(c2cn(Cc3cccc(Cl)c3)c3ccccc23)C2=C1CCCC2=O. The monoisotopic (exact) mass is 514 g/mol. The van der Waals surface area contributed by atoms with Crippen LogP contribution in [-0.2, 0) is 20.9 Å². The third-order valence-corrected chi connectivity index (χ3v) is 8.21. The van der Waals surface area contributed by atoms with Crippen molar-refractivity contribution in [3.63, 3.8) is 0 Å². The number of allylic oxidation sites excluding steroid dienone is 4. The lowest BCUT2D eigenvalue weighted by Gasteiger charge is -2.43. The van der Waals surface area contributed by atoms with Crippen LogP contribution in [0.3, 0.4) is 0 Å². The van der Waals surface area contributed by atoms with Gasteiger partial charge in [0.15, 0.2) is 11.6 Å². The molecule has 0 radical (unpaired) electrons. The predicted octanol–water partition coefficient (Wildman–Crippen LogP) is 6.40. The molecule has 0 amide bonds. The fourth-order valence-electron chi connectivity index (χ4n) is 6.45. The van der Waals surface area contributed by atoms with Gasteiger partial charge in [0, 0.05) is 83.6 Å². The summed E-state index contributed by atoms with van der Waals surface area (Å²) in [5.74, 6) is 0.0189. The van der Waals surface area contributed by atoms with Gasteiger partial charge in [0.1, 0.15) is 0 Å². The average molecular weight is 515 g/mol. The molecule has 0 fully saturated rings. The number of nitrogens with zero attached hydrogens (tertiary/aromatic N) is 2. The Bertz CT molecular complexity index is 1420. The van der Waals surface area contributed by atoms with Crippen molar-refractivity contribution in [2.45, 2.75) is 51.0 Å². The quantitative estimate of drug-likeness (QED) is 0.382. The summed E-state index contributed by atoms with van der Waals surface area (Å²) in [6.07, 6.45) is 6.64. The minimum atomic E-state index is -0.324. The summed E-state index contributed by atoms with van der Waals surface area (Å²) in [7, 11) is 1.70. The number of fused-ring (bicyclic) bond motifs is 1. The van der Waals surface area contributed by atoms with Crippen LogP contribution in [0.5, 0.6) is 0 Å². The fraction of sp³-hybridized carbons (Fsp3) is 0.355. The van der Waals surface area contributed by atoms with Gasteiger partial charge in [0.05, 0.1) is 6.61 Å². The zero-order valence-electron chi connectivity index (χ0n) is 21.1. The highest BCUT2D eigenvalue weighted by Gasteiger charge is 2.44. The smallest absolute Gasteiger partial charge is 0.161 e. The Morgan fingerprint density at radius 1 is 0.919 bits per heavy atom. The number of hydrogen-bond acceptors (Lipinski definition) is 4. The van der Waals surface area contributed by atoms with E-state index >= 15 is 0 Å². The number of Topliss-reactive ketones (excluding diaryl/α,β-unsaturated/α-hetero) is 2. The highest BCUT2D eigenvalue weighted by Crippen LogP contribution is 2.50. The fourth-order valence-corrected chi connectivity index (χ4v) is 6.66. The molecule has 5 nitrogen and oxygen atoms in total. The zero-order valence-corrected chi connectivity index (χ0v) is 21.9. The Kier molecular flexibility index (Phi) is 6.51. The van der Waals surface area contributed by atoms with Crippen molar-refractivity contribution in [2.75, 3.05) is 20.3 Å². The van der Waals surface area contributed by atoms with E-state index in [1.807, 2.05) is 30.3 Å². The summed E-state index contributed by atoms with van der Waals surface area (Å²) < 4.78 is 7.66. The molecule has 1 aromatic heterocycles. The Balaban J connectivity index is 1.56. The first-order valence-electron chi connectivity index (χ1n) is 13.2. The first kappa shape index (κ1) is 24.2. The Labute approximate surface area is 222 Å². The highest BCUT2D eigenvalue weighted by atomic mass is 35.5. The largest absolute Gasteiger partial charge is 0.383 e. The van der Waals surface area contributed by atoms with Crippen molar-refractivity contribution in [3.8, 4) is 0 Å². The standard InChI is InChI=1S/C31H31ClN2O3/c1-37-16-15-34-25-11-5-13-27(35)30(25)29(31-26(34)12-6-14-28(31)36)23-19-33(24-10-3-2-9-22(23)24)18-20-7-4-8-21(32)17-20/h2-4,7-10,17,19,29H,5-6,11-16,18H2,1H3. The van der Waals surface area contributed by atoms with E-state index in [0.29, 0.717) is 37.6 Å². The van der Waals surface area contributed by atoms with Gasteiger partial charge in [-0.3, -0.25) is 9.59 Å². The molecular weight excluding hydrogens is 484 g/mol. The number of methoxy groups -OCH3 is 1. The van der Waals surface area contributed by atoms with Crippen molar-refractivity contribution < 1.29 is 14.3 Å². The molecule has 37 heavy (non-hydrogen) atoms. The summed E-state index contributed by atoms with van der Waals surface area (Å²) >= 11 is 6.28. The molecular formula is C31H31ClN2O3. The first-order valence-corrected chi connectivity index (χ1v) is 13.6. The molecule has 0 saturated heterocycles. The molecule has 1 aliphatic heterocycles. The van der Waals surface area contributed by atoms with E-state index in [2.05, 4.69) is 33.9 Å². The number of halogens is 1. The van der Waals surface area contributed by atoms with Crippen molar-refractivity contribution in [2.24, 2.45) is 0 Å². The first-order chi connectivity index (χ1) is 18.1. The van der Waals surface area contributed by atoms with Crippen molar-refractivity contribution in [3.05, 3.63) is 93.4 Å². The summed E-state index contributed by atoms with van der Waals surface area (Å²) in [4.78, 5) is 29.5. The van der Waals surface area contributed by atoms with Crippen LogP contribution < -0.4 is 0 Å². The molecule has 0 unspecified atom stereocenters. The number of carbonyl (C=O) groups is 2. The molecule has 0 atom stereocenters. The predicted molar refractivity (Wildman–Crippen MR) is 146 cm³/mol. The second-order valence-electron chi connectivity index (χ2n) is 10.2. The molecule has 0 saturated carbocycles. The molecule has 0 N–H and O–H groups in total. The van der Waals surface area contributed by atoms with Crippen molar-refractivity contribution in [1.29, 1.82) is 0 Å². The van der Waals surface area contributed by atoms with Crippen LogP contribution in [0.2, 0.25) is 5.02 Å². The van der Waals surface area contributed by atoms with Crippen LogP contribution >= 0.6 is 11.6 Å². The summed E-state index contributed by atoms with van der Waals surface area (Å²) in [5.41, 5.74) is 7.09. The summed E-state index contributed by atoms with van der Waals surface area (Å²) in [6, 6.07) is 16.2. The van der Waals surface area contributed by atoms with Gasteiger partial charge in [-0.05, 0) is 55.0 Å². The maximum atomic E-state index is 13.6. The van der Waals surface area contributed by atoms with Gasteiger partial charge in [0.25, 0.3) is 0 Å². The molecule has 2 heterocycles. The van der Waals surface area contributed by atoms with E-state index in [1.54, 1.807) is 7.11 Å². The van der Waals surface area contributed by atoms with Crippen LogP contribution in [0.25, 0.3) is 10.9 Å². The Morgan fingerprint density at radius 2 is 1.62 bits per heavy atom. The van der Waals surface area contributed by atoms with E-state index in [9.17, 15) is 9.59 Å². The molecule has 6 heteroatoms. The van der Waals surface area contributed by atoms with Crippen LogP contribution in [0, 0.1) is 0 Å². The molecule has 0 spiro atoms. The zero-order chi connectivity index (χ0) is 25.5. The maximum Gasteiger partial charge on any atom is 0.161 e. The number of carbonyl (C=O) groups excluding carboxylic acids is 2. The minimum absolute atomic E-state index is 0.172. The number of ketones is 2. The van der Waals surface area contributed by atoms with E-state index in [-0.39, 0.29) is 17.5 Å². The lowest BCUT2D eigenvalue weighted by Crippen LogP contribution is -2.40. The number of rotatable bonds is 6. The number of benzene rings is 2. The van der Waals surface area contributed by atoms with Gasteiger partial charge in [0.2, 0.25) is 0 Å². The number of para-hydroxylation sites is 1. The van der Waals surface area contributed by atoms with E-state index in [0.717, 1.165) is 70.3 Å². The minimum Gasteiger partial charge on any atom is -0.383 e. The Morgan fingerprint density at radius 3 is 2.30 bits per heavy atom. The van der Waals surface area contributed by atoms with Gasteiger partial charge < -0.3 is 14.2 Å². The van der Waals surface area contributed by atoms with Crippen LogP contribution in [0.4, 0.5) is 0 Å². The maximum absolute atomic E-state index is 13.6. The summed E-state index contributed by atoms with van der Waals surface area (Å²) in [5, 5.41) is 1.80. The van der Waals surface area contributed by atoms with E-state index in [4.69, 9.17) is 16.3 Å². The molecule has 3 aromatic rings. The second-order valence-corrected chi connectivity index (χ2v) is 10.6. The third kappa shape index (κ3) is 4.24. The molecule has 190 valence electrons. The average Bonchev–Trinajstić information content (AvgIpc) is 3.25. The van der Waals surface area contributed by atoms with Gasteiger partial charge >= 0.3 is 0 Å².